The molecule has 0 aromatic heterocycles. The minimum atomic E-state index is -4.99. The van der Waals surface area contributed by atoms with E-state index in [1.165, 1.54) is 6.92 Å². The second-order valence-electron chi connectivity index (χ2n) is 9.84. The van der Waals surface area contributed by atoms with Crippen molar-refractivity contribution in [3.05, 3.63) is 80.9 Å². The maximum Gasteiger partial charge on any atom is 0.416 e. The van der Waals surface area contributed by atoms with Crippen molar-refractivity contribution in [2.24, 2.45) is 0 Å². The SMILES string of the molecule is CC1OC(CN2C[C@H]([N+](=O)[O-])CC[C@@]2(CO[C@H](C)c2cc(C(F)(F)F)cc(C(F)(F)F)c2)c2ccccc2)O1. The number of nitrogens with zero attached hydrogens (tertiary/aromatic N) is 2. The zero-order valence-corrected chi connectivity index (χ0v) is 21.2. The molecule has 0 amide bonds. The zero-order chi connectivity index (χ0) is 28.6. The van der Waals surface area contributed by atoms with Gasteiger partial charge >= 0.3 is 12.4 Å². The Hall–Kier alpha value is -2.74. The van der Waals surface area contributed by atoms with Crippen LogP contribution in [0.3, 0.4) is 0 Å². The maximum atomic E-state index is 13.4. The van der Waals surface area contributed by atoms with Crippen LogP contribution in [0.4, 0.5) is 26.3 Å². The molecule has 2 heterocycles. The summed E-state index contributed by atoms with van der Waals surface area (Å²) in [5.41, 5.74) is -3.37. The number of nitro groups is 1. The number of alkyl halides is 6. The van der Waals surface area contributed by atoms with Crippen LogP contribution in [0.2, 0.25) is 0 Å². The van der Waals surface area contributed by atoms with Crippen LogP contribution in [0, 0.1) is 10.1 Å². The van der Waals surface area contributed by atoms with Crippen LogP contribution >= 0.6 is 0 Å². The third-order valence-electron chi connectivity index (χ3n) is 7.24. The van der Waals surface area contributed by atoms with E-state index in [1.54, 1.807) is 25.1 Å². The second kappa shape index (κ2) is 11.0. The highest BCUT2D eigenvalue weighted by atomic mass is 19.4. The predicted molar refractivity (Wildman–Crippen MR) is 126 cm³/mol. The van der Waals surface area contributed by atoms with Crippen molar-refractivity contribution in [2.75, 3.05) is 19.7 Å². The lowest BCUT2D eigenvalue weighted by atomic mass is 9.79. The van der Waals surface area contributed by atoms with Gasteiger partial charge in [-0.1, -0.05) is 30.3 Å². The van der Waals surface area contributed by atoms with Crippen molar-refractivity contribution < 1.29 is 45.5 Å². The Balaban J connectivity index is 1.66. The largest absolute Gasteiger partial charge is 0.416 e. The molecule has 2 aliphatic rings. The zero-order valence-electron chi connectivity index (χ0n) is 21.2. The molecule has 0 spiro atoms. The summed E-state index contributed by atoms with van der Waals surface area (Å²) in [4.78, 5) is 13.1. The lowest BCUT2D eigenvalue weighted by molar-refractivity contribution is -0.529. The van der Waals surface area contributed by atoms with Gasteiger partial charge in [0, 0.05) is 11.3 Å². The van der Waals surface area contributed by atoms with Crippen LogP contribution in [0.25, 0.3) is 0 Å². The Labute approximate surface area is 220 Å². The summed E-state index contributed by atoms with van der Waals surface area (Å²) >= 11 is 0. The summed E-state index contributed by atoms with van der Waals surface area (Å²) in [5, 5.41) is 11.6. The van der Waals surface area contributed by atoms with Gasteiger partial charge in [0.2, 0.25) is 6.04 Å². The average molecular weight is 563 g/mol. The number of hydrogen-bond acceptors (Lipinski definition) is 6. The molecular formula is C26H28F6N2O5. The summed E-state index contributed by atoms with van der Waals surface area (Å²) in [6, 6.07) is 9.45. The lowest BCUT2D eigenvalue weighted by Gasteiger charge is -2.50. The normalized spacial score (nSPS) is 27.1. The summed E-state index contributed by atoms with van der Waals surface area (Å²) in [6.45, 7) is 3.11. The monoisotopic (exact) mass is 562 g/mol. The third-order valence-corrected chi connectivity index (χ3v) is 7.24. The Morgan fingerprint density at radius 2 is 1.67 bits per heavy atom. The molecule has 13 heteroatoms. The van der Waals surface area contributed by atoms with Crippen LogP contribution < -0.4 is 0 Å². The topological polar surface area (TPSA) is 74.1 Å². The van der Waals surface area contributed by atoms with E-state index < -0.39 is 53.7 Å². The van der Waals surface area contributed by atoms with Gasteiger partial charge in [-0.15, -0.1) is 0 Å². The van der Waals surface area contributed by atoms with Crippen molar-refractivity contribution in [3.8, 4) is 0 Å². The van der Waals surface area contributed by atoms with Crippen LogP contribution in [0.15, 0.2) is 48.5 Å². The van der Waals surface area contributed by atoms with Gasteiger partial charge in [0.1, 0.15) is 0 Å². The van der Waals surface area contributed by atoms with Gasteiger partial charge in [-0.2, -0.15) is 26.3 Å². The number of benzene rings is 2. The molecule has 0 saturated carbocycles. The smallest absolute Gasteiger partial charge is 0.372 e. The number of rotatable bonds is 8. The molecule has 4 rings (SSSR count). The number of piperidine rings is 1. The first kappa shape index (κ1) is 29.2. The van der Waals surface area contributed by atoms with Gasteiger partial charge < -0.3 is 14.2 Å². The lowest BCUT2D eigenvalue weighted by Crippen LogP contribution is -2.61. The highest BCUT2D eigenvalue weighted by Crippen LogP contribution is 2.42. The Bertz CT molecular complexity index is 1120. The van der Waals surface area contributed by atoms with Crippen molar-refractivity contribution in [1.82, 2.24) is 4.90 Å². The third kappa shape index (κ3) is 6.53. The molecule has 2 aliphatic heterocycles. The van der Waals surface area contributed by atoms with E-state index >= 15 is 0 Å². The molecule has 0 bridgehead atoms. The molecule has 214 valence electrons. The van der Waals surface area contributed by atoms with E-state index in [1.807, 2.05) is 17.0 Å². The average Bonchev–Trinajstić information content (AvgIpc) is 2.86. The minimum absolute atomic E-state index is 0.0268. The van der Waals surface area contributed by atoms with Gasteiger partial charge in [0.25, 0.3) is 0 Å². The first-order chi connectivity index (χ1) is 18.2. The highest BCUT2D eigenvalue weighted by molar-refractivity contribution is 5.35. The summed E-state index contributed by atoms with van der Waals surface area (Å²) < 4.78 is 97.6. The first-order valence-corrected chi connectivity index (χ1v) is 12.3. The van der Waals surface area contributed by atoms with E-state index in [2.05, 4.69) is 0 Å². The molecule has 2 fully saturated rings. The minimum Gasteiger partial charge on any atom is -0.372 e. The summed E-state index contributed by atoms with van der Waals surface area (Å²) in [7, 11) is 0. The number of halogens is 6. The molecule has 7 nitrogen and oxygen atoms in total. The standard InChI is InChI=1S/C26H28F6N2O5/c1-16(18-10-20(25(27,28)29)12-21(11-18)26(30,31)32)37-15-24(19-6-4-3-5-7-19)9-8-22(34(35)36)13-33(24)14-23-38-17(2)39-23/h3-7,10-12,16-17,22-23H,8-9,13-15H2,1-2H3/t16-,17?,22-,23?,24-/m1/s1. The van der Waals surface area contributed by atoms with E-state index in [0.717, 1.165) is 5.56 Å². The molecule has 2 saturated heterocycles. The van der Waals surface area contributed by atoms with Crippen molar-refractivity contribution in [1.29, 1.82) is 0 Å². The summed E-state index contributed by atoms with van der Waals surface area (Å²) in [5.74, 6) is 0. The number of ether oxygens (including phenoxy) is 3. The van der Waals surface area contributed by atoms with E-state index in [4.69, 9.17) is 14.2 Å². The molecule has 0 radical (unpaired) electrons. The molecule has 0 unspecified atom stereocenters. The fourth-order valence-electron chi connectivity index (χ4n) is 5.10. The molecular weight excluding hydrogens is 534 g/mol. The van der Waals surface area contributed by atoms with Gasteiger partial charge in [0.15, 0.2) is 12.6 Å². The molecule has 0 N–H and O–H groups in total. The van der Waals surface area contributed by atoms with Crippen molar-refractivity contribution in [2.45, 2.75) is 69.3 Å². The van der Waals surface area contributed by atoms with Crippen LogP contribution in [-0.2, 0) is 32.1 Å². The number of hydrogen-bond donors (Lipinski definition) is 0. The second-order valence-corrected chi connectivity index (χ2v) is 9.84. The van der Waals surface area contributed by atoms with E-state index in [0.29, 0.717) is 12.1 Å². The molecule has 39 heavy (non-hydrogen) atoms. The molecule has 3 atom stereocenters. The van der Waals surface area contributed by atoms with E-state index in [-0.39, 0.29) is 49.1 Å². The highest BCUT2D eigenvalue weighted by Gasteiger charge is 2.49. The number of likely N-dealkylation sites (tertiary alicyclic amines) is 1. The quantitative estimate of drug-likeness (QED) is 0.218. The van der Waals surface area contributed by atoms with Gasteiger partial charge in [0.05, 0.1) is 42.5 Å². The van der Waals surface area contributed by atoms with E-state index in [9.17, 15) is 36.5 Å². The van der Waals surface area contributed by atoms with Crippen LogP contribution in [0.5, 0.6) is 0 Å². The van der Waals surface area contributed by atoms with Crippen molar-refractivity contribution >= 4 is 0 Å². The molecule has 0 aliphatic carbocycles. The predicted octanol–water partition coefficient (Wildman–Crippen LogP) is 6.16. The molecule has 2 aromatic rings. The van der Waals surface area contributed by atoms with Crippen molar-refractivity contribution in [3.63, 3.8) is 0 Å². The summed E-state index contributed by atoms with van der Waals surface area (Å²) in [6.07, 6.45) is -11.8. The van der Waals surface area contributed by atoms with Crippen LogP contribution in [0.1, 0.15) is 55.0 Å². The van der Waals surface area contributed by atoms with Crippen LogP contribution in [-0.4, -0.2) is 48.1 Å². The Kier molecular flexibility index (Phi) is 8.27. The van der Waals surface area contributed by atoms with Gasteiger partial charge in [-0.05, 0) is 49.6 Å². The fourth-order valence-corrected chi connectivity index (χ4v) is 5.10. The Morgan fingerprint density at radius 1 is 1.08 bits per heavy atom. The maximum absolute atomic E-state index is 13.4. The Morgan fingerprint density at radius 3 is 2.18 bits per heavy atom. The van der Waals surface area contributed by atoms with Gasteiger partial charge in [-0.25, -0.2) is 0 Å². The fraction of sp³-hybridized carbons (Fsp3) is 0.538. The van der Waals surface area contributed by atoms with Gasteiger partial charge in [-0.3, -0.25) is 15.0 Å². The first-order valence-electron chi connectivity index (χ1n) is 12.3. The molecule has 2 aromatic carbocycles.